The monoisotopic (exact) mass is 567 g/mol. The van der Waals surface area contributed by atoms with Gasteiger partial charge in [-0.25, -0.2) is 4.79 Å². The van der Waals surface area contributed by atoms with Gasteiger partial charge in [0.05, 0.1) is 18.2 Å². The Morgan fingerprint density at radius 2 is 1.61 bits per heavy atom. The number of alkyl halides is 3. The molecule has 3 aromatic carbocycles. The summed E-state index contributed by atoms with van der Waals surface area (Å²) < 4.78 is 50.5. The zero-order valence-corrected chi connectivity index (χ0v) is 22.7. The van der Waals surface area contributed by atoms with Gasteiger partial charge in [0.15, 0.2) is 0 Å². The molecule has 0 heterocycles. The molecule has 1 unspecified atom stereocenters. The summed E-state index contributed by atoms with van der Waals surface area (Å²) in [5.41, 5.74) is -0.554. The maximum atomic E-state index is 13.8. The van der Waals surface area contributed by atoms with Crippen molar-refractivity contribution in [1.82, 2.24) is 5.32 Å². The lowest BCUT2D eigenvalue weighted by molar-refractivity contribution is -0.150. The van der Waals surface area contributed by atoms with Crippen LogP contribution in [0.3, 0.4) is 0 Å². The van der Waals surface area contributed by atoms with Crippen LogP contribution in [0.2, 0.25) is 0 Å². The number of carbonyl (C=O) groups is 2. The highest BCUT2D eigenvalue weighted by molar-refractivity contribution is 6.05. The Kier molecular flexibility index (Phi) is 6.86. The highest BCUT2D eigenvalue weighted by Gasteiger charge is 2.56. The van der Waals surface area contributed by atoms with Crippen LogP contribution in [-0.4, -0.2) is 30.1 Å². The van der Waals surface area contributed by atoms with Gasteiger partial charge >= 0.3 is 12.1 Å². The van der Waals surface area contributed by atoms with Gasteiger partial charge in [-0.05, 0) is 104 Å². The Labute approximate surface area is 235 Å². The van der Waals surface area contributed by atoms with Crippen molar-refractivity contribution >= 4 is 22.6 Å². The fourth-order valence-corrected chi connectivity index (χ4v) is 7.90. The number of carboxylic acids is 1. The smallest absolute Gasteiger partial charge is 0.416 e. The largest absolute Gasteiger partial charge is 0.497 e. The number of fused-ring (bicyclic) bond motifs is 1. The fraction of sp³-hybridized carbons (Fsp3) is 0.438. The van der Waals surface area contributed by atoms with Gasteiger partial charge in [0, 0.05) is 10.8 Å². The molecule has 2 N–H and O–H groups in total. The lowest BCUT2D eigenvalue weighted by Gasteiger charge is -2.58. The van der Waals surface area contributed by atoms with Gasteiger partial charge < -0.3 is 19.9 Å². The van der Waals surface area contributed by atoms with Gasteiger partial charge in [-0.3, -0.25) is 4.79 Å². The normalized spacial score (nSPS) is 25.6. The lowest BCUT2D eigenvalue weighted by Crippen LogP contribution is -2.59. The van der Waals surface area contributed by atoms with Gasteiger partial charge in [-0.1, -0.05) is 18.2 Å². The first-order valence-electron chi connectivity index (χ1n) is 14.0. The number of carboxylic acid groups (broad SMARTS) is 1. The summed E-state index contributed by atoms with van der Waals surface area (Å²) in [6.07, 6.45) is 1.43. The van der Waals surface area contributed by atoms with E-state index in [4.69, 9.17) is 9.47 Å². The van der Waals surface area contributed by atoms with E-state index in [9.17, 15) is 27.9 Å². The summed E-state index contributed by atoms with van der Waals surface area (Å²) >= 11 is 0. The van der Waals surface area contributed by atoms with Gasteiger partial charge in [0.25, 0.3) is 5.91 Å². The molecule has 0 aliphatic heterocycles. The van der Waals surface area contributed by atoms with Gasteiger partial charge in [-0.2, -0.15) is 13.2 Å². The van der Waals surface area contributed by atoms with Crippen LogP contribution in [0.25, 0.3) is 10.8 Å². The Balaban J connectivity index is 1.31. The number of aliphatic carboxylic acids is 1. The molecule has 3 aromatic rings. The molecule has 216 valence electrons. The number of hydrogen-bond donors (Lipinski definition) is 2. The summed E-state index contributed by atoms with van der Waals surface area (Å²) in [4.78, 5) is 26.4. The minimum absolute atomic E-state index is 0.0824. The van der Waals surface area contributed by atoms with Gasteiger partial charge in [-0.15, -0.1) is 0 Å². The second-order valence-electron chi connectivity index (χ2n) is 12.0. The Hall–Kier alpha value is -3.75. The second kappa shape index (κ2) is 10.3. The topological polar surface area (TPSA) is 84.9 Å². The zero-order chi connectivity index (χ0) is 28.9. The van der Waals surface area contributed by atoms with Crippen LogP contribution in [0.1, 0.15) is 60.0 Å². The molecule has 1 atom stereocenters. The average Bonchev–Trinajstić information content (AvgIpc) is 2.92. The van der Waals surface area contributed by atoms with Gasteiger partial charge in [0.2, 0.25) is 0 Å². The van der Waals surface area contributed by atoms with E-state index in [0.29, 0.717) is 34.5 Å². The molecular formula is C32H32F3NO5. The van der Waals surface area contributed by atoms with E-state index in [2.05, 4.69) is 5.32 Å². The van der Waals surface area contributed by atoms with Crippen LogP contribution >= 0.6 is 0 Å². The third-order valence-corrected chi connectivity index (χ3v) is 9.31. The summed E-state index contributed by atoms with van der Waals surface area (Å²) in [6.45, 7) is -0.0824. The van der Waals surface area contributed by atoms with Crippen LogP contribution < -0.4 is 14.8 Å². The quantitative estimate of drug-likeness (QED) is 0.311. The Bertz CT molecular complexity index is 1450. The standard InChI is InChI=1S/C32H32F3NO5/c1-40-24-7-9-25-22(13-24)4-8-26(27(25)41-17-18-2-5-23(6-3-18)32(33,34)35)29(37)36-28(30(38)39)31-14-19-10-20(15-31)12-21(11-19)16-31/h2-9,13,19-21,28H,10-12,14-17H2,1H3,(H,36,37)(H,38,39). The molecule has 41 heavy (non-hydrogen) atoms. The van der Waals surface area contributed by atoms with Crippen molar-refractivity contribution in [3.8, 4) is 11.5 Å². The lowest BCUT2D eigenvalue weighted by atomic mass is 9.47. The molecule has 0 radical (unpaired) electrons. The molecule has 1 amide bonds. The highest BCUT2D eigenvalue weighted by atomic mass is 19.4. The molecule has 4 saturated carbocycles. The highest BCUT2D eigenvalue weighted by Crippen LogP contribution is 2.61. The predicted octanol–water partition coefficient (Wildman–Crippen LogP) is 6.85. The molecule has 6 nitrogen and oxygen atoms in total. The minimum atomic E-state index is -4.45. The SMILES string of the molecule is COc1ccc2c(OCc3ccc(C(F)(F)F)cc3)c(C(=O)NC(C(=O)O)C34CC5CC(CC(C5)C3)C4)ccc2c1. The number of benzene rings is 3. The van der Waals surface area contributed by atoms with E-state index in [0.717, 1.165) is 56.0 Å². The minimum Gasteiger partial charge on any atom is -0.497 e. The molecule has 0 aromatic heterocycles. The van der Waals surface area contributed by atoms with Crippen LogP contribution in [0.15, 0.2) is 54.6 Å². The van der Waals surface area contributed by atoms with Crippen molar-refractivity contribution in [2.75, 3.05) is 7.11 Å². The Morgan fingerprint density at radius 3 is 2.17 bits per heavy atom. The fourth-order valence-electron chi connectivity index (χ4n) is 7.90. The summed E-state index contributed by atoms with van der Waals surface area (Å²) in [6, 6.07) is 12.2. The number of carbonyl (C=O) groups excluding carboxylic acids is 1. The van der Waals surface area contributed by atoms with E-state index in [1.165, 1.54) is 12.1 Å². The van der Waals surface area contributed by atoms with Crippen LogP contribution in [-0.2, 0) is 17.6 Å². The zero-order valence-electron chi connectivity index (χ0n) is 22.7. The molecule has 9 heteroatoms. The van der Waals surface area contributed by atoms with E-state index in [-0.39, 0.29) is 17.9 Å². The number of rotatable bonds is 8. The molecule has 7 rings (SSSR count). The molecule has 4 fully saturated rings. The third kappa shape index (κ3) is 5.22. The summed E-state index contributed by atoms with van der Waals surface area (Å²) in [5.74, 6) is 0.800. The summed E-state index contributed by atoms with van der Waals surface area (Å²) in [7, 11) is 1.54. The van der Waals surface area contributed by atoms with Crippen molar-refractivity contribution in [3.63, 3.8) is 0 Å². The van der Waals surface area contributed by atoms with Gasteiger partial charge in [0.1, 0.15) is 24.1 Å². The molecule has 4 bridgehead atoms. The van der Waals surface area contributed by atoms with Crippen LogP contribution in [0, 0.1) is 23.2 Å². The first kappa shape index (κ1) is 27.4. The van der Waals surface area contributed by atoms with Crippen molar-refractivity contribution in [3.05, 3.63) is 71.3 Å². The maximum Gasteiger partial charge on any atom is 0.416 e. The number of ether oxygens (including phenoxy) is 2. The van der Waals surface area contributed by atoms with E-state index >= 15 is 0 Å². The molecule has 4 aliphatic rings. The number of hydrogen-bond acceptors (Lipinski definition) is 4. The van der Waals surface area contributed by atoms with E-state index in [1.54, 1.807) is 37.4 Å². The molecule has 0 saturated heterocycles. The van der Waals surface area contributed by atoms with Crippen molar-refractivity contribution in [2.24, 2.45) is 23.2 Å². The first-order valence-corrected chi connectivity index (χ1v) is 14.0. The van der Waals surface area contributed by atoms with Crippen LogP contribution in [0.5, 0.6) is 11.5 Å². The second-order valence-corrected chi connectivity index (χ2v) is 12.0. The van der Waals surface area contributed by atoms with Crippen molar-refractivity contribution in [2.45, 2.75) is 57.3 Å². The molecule has 4 aliphatic carbocycles. The third-order valence-electron chi connectivity index (χ3n) is 9.31. The average molecular weight is 568 g/mol. The maximum absolute atomic E-state index is 13.8. The number of methoxy groups -OCH3 is 1. The van der Waals surface area contributed by atoms with E-state index < -0.39 is 35.1 Å². The summed E-state index contributed by atoms with van der Waals surface area (Å²) in [5, 5.41) is 14.5. The number of amides is 1. The predicted molar refractivity (Wildman–Crippen MR) is 146 cm³/mol. The van der Waals surface area contributed by atoms with E-state index in [1.807, 2.05) is 0 Å². The first-order chi connectivity index (χ1) is 19.5. The van der Waals surface area contributed by atoms with Crippen molar-refractivity contribution < 1.29 is 37.3 Å². The molecular weight excluding hydrogens is 535 g/mol. The van der Waals surface area contributed by atoms with Crippen LogP contribution in [0.4, 0.5) is 13.2 Å². The molecule has 0 spiro atoms. The Morgan fingerprint density at radius 1 is 0.976 bits per heavy atom. The number of nitrogens with one attached hydrogen (secondary N) is 1. The number of halogens is 3. The van der Waals surface area contributed by atoms with Crippen molar-refractivity contribution in [1.29, 1.82) is 0 Å².